The Labute approximate surface area is 138 Å². The van der Waals surface area contributed by atoms with Gasteiger partial charge in [-0.3, -0.25) is 4.98 Å². The van der Waals surface area contributed by atoms with Crippen molar-refractivity contribution in [2.45, 2.75) is 18.9 Å². The molecule has 3 heterocycles. The van der Waals surface area contributed by atoms with Gasteiger partial charge in [-0.25, -0.2) is 4.39 Å². The van der Waals surface area contributed by atoms with Gasteiger partial charge < -0.3 is 9.64 Å². The van der Waals surface area contributed by atoms with Gasteiger partial charge >= 0.3 is 0 Å². The first-order valence-electron chi connectivity index (χ1n) is 7.79. The number of benzene rings is 1. The number of hydrogen-bond acceptors (Lipinski definition) is 4. The molecule has 0 unspecified atom stereocenters. The second-order valence-corrected chi connectivity index (χ2v) is 6.64. The van der Waals surface area contributed by atoms with E-state index in [0.717, 1.165) is 37.2 Å². The van der Waals surface area contributed by atoms with Crippen LogP contribution in [-0.4, -0.2) is 24.2 Å². The van der Waals surface area contributed by atoms with Crippen LogP contribution in [0.15, 0.2) is 48.0 Å². The minimum absolute atomic E-state index is 0.192. The van der Waals surface area contributed by atoms with Gasteiger partial charge in [-0.2, -0.15) is 0 Å². The third kappa shape index (κ3) is 3.01. The minimum atomic E-state index is -0.232. The Morgan fingerprint density at radius 2 is 1.87 bits per heavy atom. The van der Waals surface area contributed by atoms with Crippen molar-refractivity contribution in [2.75, 3.05) is 18.0 Å². The maximum Gasteiger partial charge on any atom is 0.123 e. The van der Waals surface area contributed by atoms with Crippen LogP contribution in [0.5, 0.6) is 5.75 Å². The van der Waals surface area contributed by atoms with E-state index in [2.05, 4.69) is 27.4 Å². The molecule has 0 spiro atoms. The number of rotatable bonds is 3. The summed E-state index contributed by atoms with van der Waals surface area (Å²) in [5, 5.41) is 2.09. The number of aromatic nitrogens is 1. The molecule has 0 bridgehead atoms. The molecule has 1 aliphatic rings. The number of anilines is 1. The topological polar surface area (TPSA) is 25.4 Å². The fourth-order valence-electron chi connectivity index (χ4n) is 3.03. The fourth-order valence-corrected chi connectivity index (χ4v) is 3.92. The van der Waals surface area contributed by atoms with E-state index in [-0.39, 0.29) is 11.9 Å². The van der Waals surface area contributed by atoms with Gasteiger partial charge in [-0.05, 0) is 41.8 Å². The number of halogens is 1. The number of hydrogen-bond donors (Lipinski definition) is 0. The Kier molecular flexibility index (Phi) is 3.87. The van der Waals surface area contributed by atoms with E-state index in [1.807, 2.05) is 6.20 Å². The molecule has 3 aromatic rings. The highest BCUT2D eigenvalue weighted by Gasteiger charge is 2.22. The summed E-state index contributed by atoms with van der Waals surface area (Å²) in [6, 6.07) is 10.4. The minimum Gasteiger partial charge on any atom is -0.490 e. The summed E-state index contributed by atoms with van der Waals surface area (Å²) in [4.78, 5) is 6.81. The van der Waals surface area contributed by atoms with Crippen molar-refractivity contribution >= 4 is 27.2 Å². The first-order valence-corrected chi connectivity index (χ1v) is 8.67. The van der Waals surface area contributed by atoms with Crippen LogP contribution >= 0.6 is 11.3 Å². The quantitative estimate of drug-likeness (QED) is 0.709. The van der Waals surface area contributed by atoms with Crippen LogP contribution < -0.4 is 9.64 Å². The lowest BCUT2D eigenvalue weighted by Crippen LogP contribution is -2.38. The van der Waals surface area contributed by atoms with Crippen molar-refractivity contribution < 1.29 is 9.13 Å². The number of piperidine rings is 1. The zero-order valence-corrected chi connectivity index (χ0v) is 13.4. The van der Waals surface area contributed by atoms with Gasteiger partial charge in [-0.15, -0.1) is 11.3 Å². The number of nitrogens with zero attached hydrogens (tertiary/aromatic N) is 2. The molecule has 0 radical (unpaired) electrons. The maximum atomic E-state index is 12.9. The highest BCUT2D eigenvalue weighted by molar-refractivity contribution is 7.17. The molecule has 118 valence electrons. The van der Waals surface area contributed by atoms with Crippen LogP contribution in [0, 0.1) is 5.82 Å². The fraction of sp³-hybridized carbons (Fsp3) is 0.278. The predicted octanol–water partition coefficient (Wildman–Crippen LogP) is 4.48. The van der Waals surface area contributed by atoms with E-state index in [4.69, 9.17) is 4.74 Å². The summed E-state index contributed by atoms with van der Waals surface area (Å²) in [7, 11) is 0. The van der Waals surface area contributed by atoms with Gasteiger partial charge in [-0.1, -0.05) is 0 Å². The van der Waals surface area contributed by atoms with E-state index in [0.29, 0.717) is 0 Å². The van der Waals surface area contributed by atoms with E-state index in [1.165, 1.54) is 22.5 Å². The summed E-state index contributed by atoms with van der Waals surface area (Å²) < 4.78 is 20.2. The van der Waals surface area contributed by atoms with Gasteiger partial charge in [0.1, 0.15) is 17.7 Å². The van der Waals surface area contributed by atoms with E-state index >= 15 is 0 Å². The molecule has 1 aliphatic heterocycles. The molecule has 0 aliphatic carbocycles. The van der Waals surface area contributed by atoms with Crippen LogP contribution in [0.4, 0.5) is 10.1 Å². The van der Waals surface area contributed by atoms with E-state index < -0.39 is 0 Å². The van der Waals surface area contributed by atoms with Crippen molar-refractivity contribution in [2.24, 2.45) is 0 Å². The third-order valence-corrected chi connectivity index (χ3v) is 5.15. The van der Waals surface area contributed by atoms with Gasteiger partial charge in [0.15, 0.2) is 0 Å². The molecule has 1 fully saturated rings. The van der Waals surface area contributed by atoms with Crippen LogP contribution in [0.2, 0.25) is 0 Å². The molecule has 4 rings (SSSR count). The lowest BCUT2D eigenvalue weighted by molar-refractivity contribution is 0.171. The molecule has 1 saturated heterocycles. The monoisotopic (exact) mass is 328 g/mol. The molecule has 0 atom stereocenters. The average Bonchev–Trinajstić information content (AvgIpc) is 3.06. The molecule has 0 saturated carbocycles. The van der Waals surface area contributed by atoms with Crippen molar-refractivity contribution in [1.29, 1.82) is 0 Å². The predicted molar refractivity (Wildman–Crippen MR) is 91.9 cm³/mol. The molecule has 23 heavy (non-hydrogen) atoms. The Morgan fingerprint density at radius 1 is 1.09 bits per heavy atom. The lowest BCUT2D eigenvalue weighted by atomic mass is 10.1. The zero-order chi connectivity index (χ0) is 15.6. The highest BCUT2D eigenvalue weighted by atomic mass is 32.1. The van der Waals surface area contributed by atoms with Crippen molar-refractivity contribution in [1.82, 2.24) is 4.98 Å². The standard InChI is InChI=1S/C18H17FN2OS/c19-13-1-3-14(4-2-13)22-15-6-10-21(11-7-15)17-5-9-20-16-8-12-23-18(16)17/h1-5,8-9,12,15H,6-7,10-11H2. The first-order chi connectivity index (χ1) is 11.3. The molecule has 2 aromatic heterocycles. The summed E-state index contributed by atoms with van der Waals surface area (Å²) in [6.45, 7) is 1.92. The summed E-state index contributed by atoms with van der Waals surface area (Å²) in [5.74, 6) is 0.513. The second-order valence-electron chi connectivity index (χ2n) is 5.72. The Balaban J connectivity index is 1.43. The molecule has 3 nitrogen and oxygen atoms in total. The molecule has 0 amide bonds. The van der Waals surface area contributed by atoms with E-state index in [9.17, 15) is 4.39 Å². The van der Waals surface area contributed by atoms with Gasteiger partial charge in [0, 0.05) is 32.1 Å². The van der Waals surface area contributed by atoms with Crippen LogP contribution in [0.1, 0.15) is 12.8 Å². The third-order valence-electron chi connectivity index (χ3n) is 4.22. The van der Waals surface area contributed by atoms with Gasteiger partial charge in [0.2, 0.25) is 0 Å². The van der Waals surface area contributed by atoms with Crippen molar-refractivity contribution in [3.05, 3.63) is 53.8 Å². The zero-order valence-electron chi connectivity index (χ0n) is 12.6. The molecule has 5 heteroatoms. The summed E-state index contributed by atoms with van der Waals surface area (Å²) in [6.07, 6.45) is 4.00. The molecular weight excluding hydrogens is 311 g/mol. The van der Waals surface area contributed by atoms with Gasteiger partial charge in [0.25, 0.3) is 0 Å². The molecule has 1 aromatic carbocycles. The largest absolute Gasteiger partial charge is 0.490 e. The Morgan fingerprint density at radius 3 is 2.65 bits per heavy atom. The second kappa shape index (κ2) is 6.16. The summed E-state index contributed by atoms with van der Waals surface area (Å²) >= 11 is 1.74. The SMILES string of the molecule is Fc1ccc(OC2CCN(c3ccnc4ccsc34)CC2)cc1. The summed E-state index contributed by atoms with van der Waals surface area (Å²) in [5.41, 5.74) is 2.34. The smallest absolute Gasteiger partial charge is 0.123 e. The van der Waals surface area contributed by atoms with Crippen LogP contribution in [-0.2, 0) is 0 Å². The number of thiophene rings is 1. The highest BCUT2D eigenvalue weighted by Crippen LogP contribution is 2.32. The molecular formula is C18H17FN2OS. The van der Waals surface area contributed by atoms with Crippen molar-refractivity contribution in [3.63, 3.8) is 0 Å². The normalized spacial score (nSPS) is 16.0. The average molecular weight is 328 g/mol. The van der Waals surface area contributed by atoms with Crippen molar-refractivity contribution in [3.8, 4) is 5.75 Å². The Hall–Kier alpha value is -2.14. The van der Waals surface area contributed by atoms with Crippen LogP contribution in [0.3, 0.4) is 0 Å². The Bertz CT molecular complexity index is 794. The van der Waals surface area contributed by atoms with Crippen LogP contribution in [0.25, 0.3) is 10.2 Å². The maximum absolute atomic E-state index is 12.9. The number of pyridine rings is 1. The lowest BCUT2D eigenvalue weighted by Gasteiger charge is -2.33. The van der Waals surface area contributed by atoms with Gasteiger partial charge in [0.05, 0.1) is 15.9 Å². The number of ether oxygens (including phenoxy) is 1. The van der Waals surface area contributed by atoms with E-state index in [1.54, 1.807) is 23.5 Å². The first kappa shape index (κ1) is 14.5. The molecule has 0 N–H and O–H groups in total. The number of fused-ring (bicyclic) bond motifs is 1.